The molecule has 1 N–H and O–H groups in total. The highest BCUT2D eigenvalue weighted by atomic mass is 35.5. The van der Waals surface area contributed by atoms with E-state index in [0.29, 0.717) is 28.1 Å². The third-order valence-electron chi connectivity index (χ3n) is 3.29. The summed E-state index contributed by atoms with van der Waals surface area (Å²) in [5.74, 6) is 1.03. The van der Waals surface area contributed by atoms with Gasteiger partial charge in [0.25, 0.3) is 0 Å². The molecule has 0 aliphatic heterocycles. The molecule has 2 rings (SSSR count). The molecule has 2 aromatic rings. The molecule has 2 aromatic carbocycles. The van der Waals surface area contributed by atoms with Crippen LogP contribution in [0.25, 0.3) is 6.08 Å². The Morgan fingerprint density at radius 1 is 1.04 bits per heavy atom. The van der Waals surface area contributed by atoms with Gasteiger partial charge < -0.3 is 14.8 Å². The fourth-order valence-corrected chi connectivity index (χ4v) is 2.35. The topological polar surface area (TPSA) is 47.6 Å². The first-order valence-corrected chi connectivity index (χ1v) is 7.91. The summed E-state index contributed by atoms with van der Waals surface area (Å²) in [7, 11) is 3.14. The largest absolute Gasteiger partial charge is 0.493 e. The summed E-state index contributed by atoms with van der Waals surface area (Å²) >= 11 is 11.8. The second kappa shape index (κ2) is 8.62. The zero-order valence-electron chi connectivity index (χ0n) is 13.3. The molecule has 0 spiro atoms. The SMILES string of the molecule is COc1ccc(/C=C/C(=O)NCc2ccc(Cl)c(Cl)c2)cc1OC. The Morgan fingerprint density at radius 2 is 1.79 bits per heavy atom. The zero-order chi connectivity index (χ0) is 17.5. The van der Waals surface area contributed by atoms with E-state index in [1.165, 1.54) is 6.08 Å². The van der Waals surface area contributed by atoms with Crippen LogP contribution in [0.4, 0.5) is 0 Å². The van der Waals surface area contributed by atoms with E-state index in [-0.39, 0.29) is 5.91 Å². The van der Waals surface area contributed by atoms with Gasteiger partial charge in [-0.3, -0.25) is 4.79 Å². The minimum Gasteiger partial charge on any atom is -0.493 e. The number of carbonyl (C=O) groups is 1. The number of benzene rings is 2. The number of halogens is 2. The first-order chi connectivity index (χ1) is 11.5. The van der Waals surface area contributed by atoms with Gasteiger partial charge in [-0.05, 0) is 41.5 Å². The van der Waals surface area contributed by atoms with Crippen LogP contribution < -0.4 is 14.8 Å². The standard InChI is InChI=1S/C18H17Cl2NO3/c1-23-16-7-4-12(10-17(16)24-2)5-8-18(22)21-11-13-3-6-14(19)15(20)9-13/h3-10H,11H2,1-2H3,(H,21,22)/b8-5+. The molecule has 0 atom stereocenters. The molecule has 0 radical (unpaired) electrons. The molecule has 0 saturated heterocycles. The molecule has 6 heteroatoms. The van der Waals surface area contributed by atoms with Crippen LogP contribution >= 0.6 is 23.2 Å². The van der Waals surface area contributed by atoms with Crippen LogP contribution in [0.3, 0.4) is 0 Å². The zero-order valence-corrected chi connectivity index (χ0v) is 14.8. The van der Waals surface area contributed by atoms with Crippen molar-refractivity contribution in [2.24, 2.45) is 0 Å². The van der Waals surface area contributed by atoms with Gasteiger partial charge in [0, 0.05) is 12.6 Å². The van der Waals surface area contributed by atoms with Crippen molar-refractivity contribution in [3.8, 4) is 11.5 Å². The Balaban J connectivity index is 1.96. The minimum absolute atomic E-state index is 0.212. The molecule has 0 bridgehead atoms. The van der Waals surface area contributed by atoms with Gasteiger partial charge in [0.1, 0.15) is 0 Å². The predicted molar refractivity (Wildman–Crippen MR) is 96.9 cm³/mol. The Bertz CT molecular complexity index is 760. The monoisotopic (exact) mass is 365 g/mol. The summed E-state index contributed by atoms with van der Waals surface area (Å²) in [6, 6.07) is 10.7. The van der Waals surface area contributed by atoms with Crippen LogP contribution in [0.2, 0.25) is 10.0 Å². The van der Waals surface area contributed by atoms with Crippen molar-refractivity contribution in [3.05, 3.63) is 63.6 Å². The fourth-order valence-electron chi connectivity index (χ4n) is 2.03. The van der Waals surface area contributed by atoms with E-state index in [0.717, 1.165) is 11.1 Å². The molecule has 126 valence electrons. The fraction of sp³-hybridized carbons (Fsp3) is 0.167. The number of hydrogen-bond acceptors (Lipinski definition) is 3. The van der Waals surface area contributed by atoms with Crippen LogP contribution in [-0.2, 0) is 11.3 Å². The van der Waals surface area contributed by atoms with E-state index in [1.54, 1.807) is 44.6 Å². The summed E-state index contributed by atoms with van der Waals surface area (Å²) in [5.41, 5.74) is 1.70. The number of ether oxygens (including phenoxy) is 2. The lowest BCUT2D eigenvalue weighted by atomic mass is 10.2. The highest BCUT2D eigenvalue weighted by Crippen LogP contribution is 2.28. The lowest BCUT2D eigenvalue weighted by Gasteiger charge is -2.07. The summed E-state index contributed by atoms with van der Waals surface area (Å²) < 4.78 is 10.4. The number of amides is 1. The highest BCUT2D eigenvalue weighted by Gasteiger charge is 2.04. The Kier molecular flexibility index (Phi) is 6.53. The Hall–Kier alpha value is -2.17. The van der Waals surface area contributed by atoms with Gasteiger partial charge in [-0.1, -0.05) is 35.3 Å². The van der Waals surface area contributed by atoms with E-state index in [2.05, 4.69) is 5.32 Å². The van der Waals surface area contributed by atoms with Crippen molar-refractivity contribution in [1.29, 1.82) is 0 Å². The van der Waals surface area contributed by atoms with Crippen molar-refractivity contribution in [1.82, 2.24) is 5.32 Å². The first-order valence-electron chi connectivity index (χ1n) is 7.15. The maximum atomic E-state index is 11.9. The van der Waals surface area contributed by atoms with Crippen LogP contribution in [0, 0.1) is 0 Å². The van der Waals surface area contributed by atoms with Gasteiger partial charge in [0.15, 0.2) is 11.5 Å². The summed E-state index contributed by atoms with van der Waals surface area (Å²) in [6.45, 7) is 0.367. The summed E-state index contributed by atoms with van der Waals surface area (Å²) in [5, 5.41) is 3.73. The number of rotatable bonds is 6. The maximum Gasteiger partial charge on any atom is 0.244 e. The first kappa shape index (κ1) is 18.2. The van der Waals surface area contributed by atoms with Crippen LogP contribution in [0.5, 0.6) is 11.5 Å². The molecule has 0 saturated carbocycles. The maximum absolute atomic E-state index is 11.9. The van der Waals surface area contributed by atoms with Crippen molar-refractivity contribution in [3.63, 3.8) is 0 Å². The minimum atomic E-state index is -0.212. The quantitative estimate of drug-likeness (QED) is 0.774. The van der Waals surface area contributed by atoms with E-state index in [1.807, 2.05) is 12.1 Å². The lowest BCUT2D eigenvalue weighted by Crippen LogP contribution is -2.20. The van der Waals surface area contributed by atoms with Gasteiger partial charge in [0.05, 0.1) is 24.3 Å². The molecule has 0 fully saturated rings. The van der Waals surface area contributed by atoms with Gasteiger partial charge in [-0.15, -0.1) is 0 Å². The summed E-state index contributed by atoms with van der Waals surface area (Å²) in [6.07, 6.45) is 3.16. The molecule has 0 aromatic heterocycles. The third kappa shape index (κ3) is 4.91. The average molecular weight is 366 g/mol. The molecular formula is C18H17Cl2NO3. The second-order valence-electron chi connectivity index (χ2n) is 4.91. The van der Waals surface area contributed by atoms with E-state index >= 15 is 0 Å². The number of nitrogens with one attached hydrogen (secondary N) is 1. The molecule has 0 aliphatic carbocycles. The number of hydrogen-bond donors (Lipinski definition) is 1. The van der Waals surface area contributed by atoms with E-state index < -0.39 is 0 Å². The normalized spacial score (nSPS) is 10.7. The molecule has 0 aliphatic rings. The van der Waals surface area contributed by atoms with Gasteiger partial charge in [-0.25, -0.2) is 0 Å². The molecule has 24 heavy (non-hydrogen) atoms. The molecule has 0 heterocycles. The number of carbonyl (C=O) groups excluding carboxylic acids is 1. The highest BCUT2D eigenvalue weighted by molar-refractivity contribution is 6.42. The summed E-state index contributed by atoms with van der Waals surface area (Å²) in [4.78, 5) is 11.9. The van der Waals surface area contributed by atoms with Gasteiger partial charge in [-0.2, -0.15) is 0 Å². The molecular weight excluding hydrogens is 349 g/mol. The predicted octanol–water partition coefficient (Wildman–Crippen LogP) is 4.34. The van der Waals surface area contributed by atoms with Crippen molar-refractivity contribution >= 4 is 35.2 Å². The van der Waals surface area contributed by atoms with Gasteiger partial charge >= 0.3 is 0 Å². The van der Waals surface area contributed by atoms with Crippen LogP contribution in [-0.4, -0.2) is 20.1 Å². The average Bonchev–Trinajstić information content (AvgIpc) is 2.60. The van der Waals surface area contributed by atoms with E-state index in [9.17, 15) is 4.79 Å². The Morgan fingerprint density at radius 3 is 2.46 bits per heavy atom. The molecule has 0 unspecified atom stereocenters. The van der Waals surface area contributed by atoms with Crippen molar-refractivity contribution < 1.29 is 14.3 Å². The van der Waals surface area contributed by atoms with Crippen LogP contribution in [0.15, 0.2) is 42.5 Å². The van der Waals surface area contributed by atoms with Gasteiger partial charge in [0.2, 0.25) is 5.91 Å². The van der Waals surface area contributed by atoms with E-state index in [4.69, 9.17) is 32.7 Å². The second-order valence-corrected chi connectivity index (χ2v) is 5.73. The van der Waals surface area contributed by atoms with Crippen molar-refractivity contribution in [2.45, 2.75) is 6.54 Å². The lowest BCUT2D eigenvalue weighted by molar-refractivity contribution is -0.116. The molecule has 1 amide bonds. The Labute approximate surface area is 151 Å². The third-order valence-corrected chi connectivity index (χ3v) is 4.02. The van der Waals surface area contributed by atoms with Crippen molar-refractivity contribution in [2.75, 3.05) is 14.2 Å². The smallest absolute Gasteiger partial charge is 0.244 e. The number of methoxy groups -OCH3 is 2. The molecule has 4 nitrogen and oxygen atoms in total. The van der Waals surface area contributed by atoms with Crippen LogP contribution in [0.1, 0.15) is 11.1 Å².